The summed E-state index contributed by atoms with van der Waals surface area (Å²) in [7, 11) is 4.75. The average Bonchev–Trinajstić information content (AvgIpc) is 3.00. The zero-order chi connectivity index (χ0) is 35.0. The van der Waals surface area contributed by atoms with Crippen LogP contribution in [0.15, 0.2) is 29.0 Å². The van der Waals surface area contributed by atoms with Gasteiger partial charge in [0.05, 0.1) is 40.5 Å². The summed E-state index contributed by atoms with van der Waals surface area (Å²) in [6, 6.07) is 1.62. The number of aliphatic hydroxyl groups is 3. The van der Waals surface area contributed by atoms with Gasteiger partial charge in [0.2, 0.25) is 0 Å². The molecule has 12 N–H and O–H groups in total. The first-order valence-corrected chi connectivity index (χ1v) is 15.7. The highest BCUT2D eigenvalue weighted by molar-refractivity contribution is 6.26. The van der Waals surface area contributed by atoms with Gasteiger partial charge in [0.25, 0.3) is 5.91 Å². The molecule has 1 aliphatic heterocycles. The number of benzene rings is 1. The molecule has 0 bridgehead atoms. The maximum Gasteiger partial charge on any atom is 0.255 e. The predicted octanol–water partition coefficient (Wildman–Crippen LogP) is -0.966. The molecule has 3 aliphatic carbocycles. The molecule has 0 aromatic heterocycles. The summed E-state index contributed by atoms with van der Waals surface area (Å²) >= 11 is 0. The molecule has 4 aliphatic rings. The number of rotatable bonds is 7. The Balaban J connectivity index is 1.80. The van der Waals surface area contributed by atoms with Crippen LogP contribution in [-0.4, -0.2) is 118 Å². The number of anilines is 1. The third-order valence-electron chi connectivity index (χ3n) is 10.7. The molecule has 47 heavy (non-hydrogen) atoms. The van der Waals surface area contributed by atoms with Crippen molar-refractivity contribution in [2.45, 2.75) is 67.9 Å². The molecular weight excluding hydrogens is 608 g/mol. The Morgan fingerprint density at radius 1 is 1.15 bits per heavy atom. The van der Waals surface area contributed by atoms with Gasteiger partial charge in [-0.2, -0.15) is 5.26 Å². The van der Waals surface area contributed by atoms with Crippen molar-refractivity contribution in [3.63, 3.8) is 0 Å². The van der Waals surface area contributed by atoms with Crippen molar-refractivity contribution in [2.75, 3.05) is 45.7 Å². The van der Waals surface area contributed by atoms with Crippen LogP contribution in [0.1, 0.15) is 49.8 Å². The smallest absolute Gasteiger partial charge is 0.255 e. The number of phenolic OH excluding ortho intramolecular Hbond substituents is 1. The van der Waals surface area contributed by atoms with Crippen LogP contribution in [0.25, 0.3) is 5.76 Å². The predicted molar refractivity (Wildman–Crippen MR) is 172 cm³/mol. The number of nitrogens with two attached hydrogens (primary N) is 4. The number of amides is 1. The van der Waals surface area contributed by atoms with Crippen molar-refractivity contribution < 1.29 is 34.8 Å². The van der Waals surface area contributed by atoms with E-state index in [1.54, 1.807) is 18.2 Å². The molecule has 15 nitrogen and oxygen atoms in total. The molecule has 1 amide bonds. The van der Waals surface area contributed by atoms with Crippen molar-refractivity contribution in [2.24, 2.45) is 28.3 Å². The maximum atomic E-state index is 14.7. The highest BCUT2D eigenvalue weighted by Gasteiger charge is 2.79. The summed E-state index contributed by atoms with van der Waals surface area (Å²) in [6.07, 6.45) is 1.08. The normalized spacial score (nSPS) is 33.0. The molecule has 1 heterocycles. The Labute approximate surface area is 272 Å². The summed E-state index contributed by atoms with van der Waals surface area (Å²) in [6.45, 7) is 4.34. The Morgan fingerprint density at radius 3 is 2.30 bits per heavy atom. The quantitative estimate of drug-likeness (QED) is 0.165. The van der Waals surface area contributed by atoms with Gasteiger partial charge >= 0.3 is 0 Å². The number of unbranched alkanes of at least 4 members (excludes halogenated alkanes) is 1. The lowest BCUT2D eigenvalue weighted by Gasteiger charge is -2.62. The topological polar surface area (TPSA) is 270 Å². The molecule has 15 heteroatoms. The molecule has 1 saturated heterocycles. The number of carbonyl (C=O) groups is 3. The van der Waals surface area contributed by atoms with Crippen molar-refractivity contribution >= 4 is 28.9 Å². The number of piperidine rings is 1. The van der Waals surface area contributed by atoms with E-state index in [9.17, 15) is 40.1 Å². The number of carbonyl (C=O) groups excluding carboxylic acids is 3. The lowest BCUT2D eigenvalue weighted by atomic mass is 9.45. The number of hydrogen-bond donors (Lipinski definition) is 8. The van der Waals surface area contributed by atoms with Crippen LogP contribution >= 0.6 is 0 Å². The number of primary amides is 1. The number of nitriles is 1. The monoisotopic (exact) mass is 652 g/mol. The SMILES string of the molecule is CCCCN(c1ccc2c(c1O)C(O)=C1C(=O)[C@]3(C#N)C(O)=C(C(N)=O)C(=O)[C@@H](N(C)C)[C@]3(N)[C@@H](O)[C@]1(N)[C@H]2N)C1CCN(C)CC1. The minimum Gasteiger partial charge on any atom is -0.509 e. The molecule has 1 aromatic rings. The number of Topliss-reactive ketones (excluding diaryl/α,β-unsaturated/α-hetero) is 2. The maximum absolute atomic E-state index is 14.7. The summed E-state index contributed by atoms with van der Waals surface area (Å²) < 4.78 is 0. The second-order valence-electron chi connectivity index (χ2n) is 13.5. The Bertz CT molecular complexity index is 1640. The zero-order valence-electron chi connectivity index (χ0n) is 27.0. The summed E-state index contributed by atoms with van der Waals surface area (Å²) in [5, 5.41) is 58.0. The highest BCUT2D eigenvalue weighted by atomic mass is 16.3. The van der Waals surface area contributed by atoms with E-state index in [1.165, 1.54) is 19.0 Å². The van der Waals surface area contributed by atoms with Crippen LogP contribution in [0.5, 0.6) is 5.75 Å². The summed E-state index contributed by atoms with van der Waals surface area (Å²) in [4.78, 5) is 46.3. The van der Waals surface area contributed by atoms with Crippen molar-refractivity contribution in [3.05, 3.63) is 40.2 Å². The number of likely N-dealkylation sites (tertiary alicyclic amines) is 1. The fraction of sp³-hybridized carbons (Fsp3) is 0.562. The third-order valence-corrected chi connectivity index (χ3v) is 10.7. The molecule has 0 spiro atoms. The molecule has 0 radical (unpaired) electrons. The number of aliphatic hydroxyl groups excluding tert-OH is 3. The van der Waals surface area contributed by atoms with E-state index in [0.29, 0.717) is 12.2 Å². The summed E-state index contributed by atoms with van der Waals surface area (Å²) in [5.74, 6) is -6.61. The van der Waals surface area contributed by atoms with E-state index in [1.807, 2.05) is 14.0 Å². The number of likely N-dealkylation sites (N-methyl/N-ethyl adjacent to an activating group) is 1. The molecule has 5 rings (SSSR count). The molecule has 1 aromatic carbocycles. The fourth-order valence-electron chi connectivity index (χ4n) is 8.23. The van der Waals surface area contributed by atoms with Crippen LogP contribution in [-0.2, 0) is 14.4 Å². The fourth-order valence-corrected chi connectivity index (χ4v) is 8.23. The second kappa shape index (κ2) is 11.6. The lowest BCUT2D eigenvalue weighted by molar-refractivity contribution is -0.153. The number of aromatic hydroxyl groups is 1. The van der Waals surface area contributed by atoms with Crippen LogP contribution < -0.4 is 27.8 Å². The van der Waals surface area contributed by atoms with E-state index in [4.69, 9.17) is 22.9 Å². The first kappa shape index (κ1) is 34.3. The van der Waals surface area contributed by atoms with Gasteiger partial charge < -0.3 is 53.2 Å². The average molecular weight is 653 g/mol. The number of hydrogen-bond acceptors (Lipinski definition) is 14. The largest absolute Gasteiger partial charge is 0.509 e. The van der Waals surface area contributed by atoms with E-state index >= 15 is 0 Å². The first-order chi connectivity index (χ1) is 22.0. The van der Waals surface area contributed by atoms with Crippen LogP contribution in [0, 0.1) is 16.7 Å². The number of fused-ring (bicyclic) bond motifs is 3. The molecule has 254 valence electrons. The minimum atomic E-state index is -3.03. The minimum absolute atomic E-state index is 0.0669. The number of ketones is 2. The Kier molecular flexibility index (Phi) is 8.45. The van der Waals surface area contributed by atoms with E-state index in [2.05, 4.69) is 9.80 Å². The van der Waals surface area contributed by atoms with Crippen LogP contribution in [0.2, 0.25) is 0 Å². The number of nitrogens with zero attached hydrogens (tertiary/aromatic N) is 4. The van der Waals surface area contributed by atoms with E-state index in [0.717, 1.165) is 38.8 Å². The van der Waals surface area contributed by atoms with Crippen molar-refractivity contribution in [3.8, 4) is 11.8 Å². The molecule has 6 atom stereocenters. The molecule has 1 saturated carbocycles. The van der Waals surface area contributed by atoms with Gasteiger partial charge in [-0.3, -0.25) is 19.3 Å². The van der Waals surface area contributed by atoms with Gasteiger partial charge in [0, 0.05) is 12.6 Å². The van der Waals surface area contributed by atoms with Crippen molar-refractivity contribution in [1.29, 1.82) is 5.26 Å². The second-order valence-corrected chi connectivity index (χ2v) is 13.5. The molecule has 2 fully saturated rings. The lowest BCUT2D eigenvalue weighted by Crippen LogP contribution is -2.87. The van der Waals surface area contributed by atoms with Gasteiger partial charge in [0.1, 0.15) is 34.5 Å². The van der Waals surface area contributed by atoms with Crippen LogP contribution in [0.4, 0.5) is 5.69 Å². The Morgan fingerprint density at radius 2 is 1.77 bits per heavy atom. The highest BCUT2D eigenvalue weighted by Crippen LogP contribution is 2.60. The molecular formula is C32H44N8O7. The van der Waals surface area contributed by atoms with Crippen molar-refractivity contribution in [1.82, 2.24) is 9.80 Å². The van der Waals surface area contributed by atoms with Gasteiger partial charge in [-0.1, -0.05) is 19.4 Å². The number of phenols is 1. The first-order valence-electron chi connectivity index (χ1n) is 15.7. The third kappa shape index (κ3) is 4.29. The molecule has 0 unspecified atom stereocenters. The van der Waals surface area contributed by atoms with Gasteiger partial charge in [0.15, 0.2) is 17.0 Å². The van der Waals surface area contributed by atoms with E-state index in [-0.39, 0.29) is 22.9 Å². The van der Waals surface area contributed by atoms with Gasteiger partial charge in [-0.05, 0) is 65.1 Å². The van der Waals surface area contributed by atoms with E-state index < -0.39 is 74.8 Å². The Hall–Kier alpha value is -4.04. The standard InChI is InChI=1S/C32H44N8O7/c1-5-6-11-40(15-9-12-39(4)13-10-15)17-8-7-16-18(21(17)41)22(42)20-27(45)30(14-33)26(44)19(28(35)46)23(43)25(38(2)3)32(30,37)29(47)31(20,36)24(16)34/h7-8,15,24-25,29,41-42,44,47H,5-6,9-13,34,36-37H2,1-4H3,(H2,35,46)/t24-,25+,29-,30-,31+,32-/m0/s1. The zero-order valence-corrected chi connectivity index (χ0v) is 27.0. The van der Waals surface area contributed by atoms with Crippen LogP contribution in [0.3, 0.4) is 0 Å². The van der Waals surface area contributed by atoms with Gasteiger partial charge in [-0.25, -0.2) is 0 Å². The summed E-state index contributed by atoms with van der Waals surface area (Å²) in [5.41, 5.74) is 16.0. The van der Waals surface area contributed by atoms with Gasteiger partial charge in [-0.15, -0.1) is 0 Å².